The van der Waals surface area contributed by atoms with E-state index in [2.05, 4.69) is 10.2 Å². The highest BCUT2D eigenvalue weighted by atomic mass is 32.2. The molecule has 0 N–H and O–H groups in total. The van der Waals surface area contributed by atoms with Crippen LogP contribution in [0.1, 0.15) is 27.7 Å². The number of furan rings is 1. The fraction of sp³-hybridized carbons (Fsp3) is 0.500. The monoisotopic (exact) mass is 293 g/mol. The molecule has 0 aliphatic rings. The van der Waals surface area contributed by atoms with Gasteiger partial charge in [-0.25, -0.2) is 0 Å². The van der Waals surface area contributed by atoms with Gasteiger partial charge >= 0.3 is 0 Å². The first-order valence-corrected chi connectivity index (χ1v) is 7.55. The Morgan fingerprint density at radius 2 is 2.15 bits per heavy atom. The quantitative estimate of drug-likeness (QED) is 0.792. The molecule has 2 heterocycles. The molecule has 6 heteroatoms. The second kappa shape index (κ2) is 5.83. The Hall–Kier alpha value is -1.56. The molecule has 20 heavy (non-hydrogen) atoms. The van der Waals surface area contributed by atoms with Gasteiger partial charge < -0.3 is 4.42 Å². The van der Waals surface area contributed by atoms with E-state index < -0.39 is 0 Å². The van der Waals surface area contributed by atoms with Crippen molar-refractivity contribution in [2.24, 2.45) is 5.41 Å². The standard InChI is InChI=1S/C14H19N3O2S/c1-5-17-12(10-7-6-8-19-10)15-16-13(17)20-9-11(18)14(2,3)4/h6-8H,5,9H2,1-4H3. The molecule has 5 nitrogen and oxygen atoms in total. The van der Waals surface area contributed by atoms with E-state index in [1.54, 1.807) is 6.26 Å². The highest BCUT2D eigenvalue weighted by molar-refractivity contribution is 7.99. The molecule has 2 aromatic rings. The molecule has 0 spiro atoms. The van der Waals surface area contributed by atoms with Crippen LogP contribution in [0.5, 0.6) is 0 Å². The summed E-state index contributed by atoms with van der Waals surface area (Å²) >= 11 is 1.42. The molecule has 0 amide bonds. The van der Waals surface area contributed by atoms with E-state index >= 15 is 0 Å². The van der Waals surface area contributed by atoms with Crippen LogP contribution in [0.15, 0.2) is 28.0 Å². The van der Waals surface area contributed by atoms with Crippen molar-refractivity contribution in [2.45, 2.75) is 39.4 Å². The summed E-state index contributed by atoms with van der Waals surface area (Å²) in [6, 6.07) is 3.67. The lowest BCUT2D eigenvalue weighted by molar-refractivity contribution is -0.123. The van der Waals surface area contributed by atoms with E-state index in [1.807, 2.05) is 44.4 Å². The third kappa shape index (κ3) is 3.12. The van der Waals surface area contributed by atoms with Gasteiger partial charge in [-0.05, 0) is 19.1 Å². The molecule has 2 aromatic heterocycles. The maximum atomic E-state index is 12.0. The van der Waals surface area contributed by atoms with Gasteiger partial charge in [-0.1, -0.05) is 32.5 Å². The first kappa shape index (κ1) is 14.8. The number of rotatable bonds is 5. The van der Waals surface area contributed by atoms with E-state index in [1.165, 1.54) is 11.8 Å². The number of ketones is 1. The van der Waals surface area contributed by atoms with Gasteiger partial charge in [-0.15, -0.1) is 10.2 Å². The van der Waals surface area contributed by atoms with Crippen molar-refractivity contribution >= 4 is 17.5 Å². The number of carbonyl (C=O) groups excluding carboxylic acids is 1. The van der Waals surface area contributed by atoms with Gasteiger partial charge in [0.05, 0.1) is 12.0 Å². The summed E-state index contributed by atoms with van der Waals surface area (Å²) in [4.78, 5) is 12.0. The molecule has 0 atom stereocenters. The number of nitrogens with zero attached hydrogens (tertiary/aromatic N) is 3. The molecule has 0 saturated carbocycles. The van der Waals surface area contributed by atoms with Crippen molar-refractivity contribution in [3.8, 4) is 11.6 Å². The Morgan fingerprint density at radius 1 is 1.40 bits per heavy atom. The predicted octanol–water partition coefficient (Wildman–Crippen LogP) is 3.27. The molecule has 0 aliphatic carbocycles. The maximum Gasteiger partial charge on any atom is 0.200 e. The molecule has 0 radical (unpaired) electrons. The second-order valence-electron chi connectivity index (χ2n) is 5.49. The normalized spacial score (nSPS) is 11.8. The van der Waals surface area contributed by atoms with Crippen LogP contribution in [-0.4, -0.2) is 26.3 Å². The number of hydrogen-bond donors (Lipinski definition) is 0. The van der Waals surface area contributed by atoms with Gasteiger partial charge in [0.1, 0.15) is 5.78 Å². The second-order valence-corrected chi connectivity index (χ2v) is 6.43. The van der Waals surface area contributed by atoms with Crippen LogP contribution in [0.25, 0.3) is 11.6 Å². The highest BCUT2D eigenvalue weighted by Gasteiger charge is 2.23. The molecule has 0 bridgehead atoms. The summed E-state index contributed by atoms with van der Waals surface area (Å²) in [5.41, 5.74) is -0.325. The van der Waals surface area contributed by atoms with Crippen LogP contribution in [0.4, 0.5) is 0 Å². The lowest BCUT2D eigenvalue weighted by atomic mass is 9.92. The number of Topliss-reactive ketones (excluding diaryl/α,β-unsaturated/α-hetero) is 1. The van der Waals surface area contributed by atoms with Gasteiger partial charge in [0.15, 0.2) is 16.7 Å². The number of aromatic nitrogens is 3. The van der Waals surface area contributed by atoms with E-state index in [9.17, 15) is 4.79 Å². The maximum absolute atomic E-state index is 12.0. The molecular weight excluding hydrogens is 274 g/mol. The van der Waals surface area contributed by atoms with Crippen molar-refractivity contribution in [2.75, 3.05) is 5.75 Å². The minimum Gasteiger partial charge on any atom is -0.461 e. The van der Waals surface area contributed by atoms with Gasteiger partial charge in [-0.3, -0.25) is 9.36 Å². The zero-order valence-electron chi connectivity index (χ0n) is 12.2. The van der Waals surface area contributed by atoms with Crippen molar-refractivity contribution < 1.29 is 9.21 Å². The molecule has 0 saturated heterocycles. The number of hydrogen-bond acceptors (Lipinski definition) is 5. The third-order valence-corrected chi connectivity index (χ3v) is 3.91. The zero-order chi connectivity index (χ0) is 14.8. The van der Waals surface area contributed by atoms with E-state index in [0.717, 1.165) is 11.7 Å². The molecule has 108 valence electrons. The van der Waals surface area contributed by atoms with Gasteiger partial charge in [0.2, 0.25) is 0 Å². The van der Waals surface area contributed by atoms with Crippen LogP contribution in [0.2, 0.25) is 0 Å². The summed E-state index contributed by atoms with van der Waals surface area (Å²) in [6.07, 6.45) is 1.61. The first-order chi connectivity index (χ1) is 9.43. The Bertz CT molecular complexity index is 582. The third-order valence-electron chi connectivity index (χ3n) is 2.94. The smallest absolute Gasteiger partial charge is 0.200 e. The number of carbonyl (C=O) groups is 1. The molecule has 2 rings (SSSR count). The lowest BCUT2D eigenvalue weighted by Gasteiger charge is -2.15. The Morgan fingerprint density at radius 3 is 2.70 bits per heavy atom. The summed E-state index contributed by atoms with van der Waals surface area (Å²) in [5, 5.41) is 9.06. The van der Waals surface area contributed by atoms with Crippen molar-refractivity contribution in [1.29, 1.82) is 0 Å². The van der Waals surface area contributed by atoms with Crippen molar-refractivity contribution in [3.05, 3.63) is 18.4 Å². The van der Waals surface area contributed by atoms with E-state index in [0.29, 0.717) is 17.3 Å². The van der Waals surface area contributed by atoms with Crippen LogP contribution >= 0.6 is 11.8 Å². The van der Waals surface area contributed by atoms with Crippen molar-refractivity contribution in [1.82, 2.24) is 14.8 Å². The average Bonchev–Trinajstić information content (AvgIpc) is 3.02. The fourth-order valence-corrected chi connectivity index (χ4v) is 2.78. The summed E-state index contributed by atoms with van der Waals surface area (Å²) in [7, 11) is 0. The fourth-order valence-electron chi connectivity index (χ4n) is 1.62. The van der Waals surface area contributed by atoms with Gasteiger partial charge in [-0.2, -0.15) is 0 Å². The van der Waals surface area contributed by atoms with E-state index in [4.69, 9.17) is 4.42 Å². The molecule has 0 fully saturated rings. The summed E-state index contributed by atoms with van der Waals surface area (Å²) in [6.45, 7) is 8.53. The Kier molecular flexibility index (Phi) is 4.32. The van der Waals surface area contributed by atoms with Crippen LogP contribution in [0.3, 0.4) is 0 Å². The first-order valence-electron chi connectivity index (χ1n) is 6.56. The molecule has 0 aromatic carbocycles. The van der Waals surface area contributed by atoms with Crippen LogP contribution < -0.4 is 0 Å². The largest absolute Gasteiger partial charge is 0.461 e. The highest BCUT2D eigenvalue weighted by Crippen LogP contribution is 2.26. The van der Waals surface area contributed by atoms with Gasteiger partial charge in [0, 0.05) is 12.0 Å². The van der Waals surface area contributed by atoms with Gasteiger partial charge in [0.25, 0.3) is 0 Å². The molecule has 0 unspecified atom stereocenters. The van der Waals surface area contributed by atoms with E-state index in [-0.39, 0.29) is 11.2 Å². The predicted molar refractivity (Wildman–Crippen MR) is 78.6 cm³/mol. The molecule has 0 aliphatic heterocycles. The Labute approximate surface area is 122 Å². The summed E-state index contributed by atoms with van der Waals surface area (Å²) in [5.74, 6) is 1.99. The Balaban J connectivity index is 2.16. The topological polar surface area (TPSA) is 60.9 Å². The van der Waals surface area contributed by atoms with Crippen LogP contribution in [-0.2, 0) is 11.3 Å². The average molecular weight is 293 g/mol. The lowest BCUT2D eigenvalue weighted by Crippen LogP contribution is -2.22. The minimum absolute atomic E-state index is 0.202. The number of thioether (sulfide) groups is 1. The zero-order valence-corrected chi connectivity index (χ0v) is 13.0. The molecular formula is C14H19N3O2S. The van der Waals surface area contributed by atoms with Crippen LogP contribution in [0, 0.1) is 5.41 Å². The minimum atomic E-state index is -0.325. The van der Waals surface area contributed by atoms with Crippen molar-refractivity contribution in [3.63, 3.8) is 0 Å². The summed E-state index contributed by atoms with van der Waals surface area (Å²) < 4.78 is 7.31. The SMILES string of the molecule is CCn1c(SCC(=O)C(C)(C)C)nnc1-c1ccco1.